The van der Waals surface area contributed by atoms with E-state index in [9.17, 15) is 0 Å². The van der Waals surface area contributed by atoms with Gasteiger partial charge in [0.15, 0.2) is 11.4 Å². The largest absolute Gasteiger partial charge is 0.490 e. The minimum absolute atomic E-state index is 0.544. The first kappa shape index (κ1) is 14.4. The molecular weight excluding hydrogens is 250 g/mol. The summed E-state index contributed by atoms with van der Waals surface area (Å²) in [6, 6.07) is 16.1. The van der Waals surface area contributed by atoms with Gasteiger partial charge < -0.3 is 14.8 Å². The van der Waals surface area contributed by atoms with Crippen molar-refractivity contribution in [3.8, 4) is 11.5 Å². The quantitative estimate of drug-likeness (QED) is 0.621. The highest BCUT2D eigenvalue weighted by atomic mass is 16.5. The number of aryl methyl sites for hydroxylation is 1. The van der Waals surface area contributed by atoms with Crippen LogP contribution in [0.25, 0.3) is 0 Å². The Bertz CT molecular complexity index is 523. The number of hydrogen-bond donors (Lipinski definition) is 1. The van der Waals surface area contributed by atoms with Gasteiger partial charge in [0.2, 0.25) is 0 Å². The third kappa shape index (κ3) is 4.28. The number of nitrogens with two attached hydrogens (primary N) is 1. The molecular formula is C17H22NO2+. The van der Waals surface area contributed by atoms with Gasteiger partial charge in [-0.1, -0.05) is 29.8 Å². The highest BCUT2D eigenvalue weighted by Gasteiger charge is 2.05. The van der Waals surface area contributed by atoms with Gasteiger partial charge in [-0.25, -0.2) is 0 Å². The van der Waals surface area contributed by atoms with E-state index in [1.165, 1.54) is 5.56 Å². The van der Waals surface area contributed by atoms with Crippen molar-refractivity contribution in [2.24, 2.45) is 0 Å². The molecule has 2 rings (SSSR count). The van der Waals surface area contributed by atoms with Crippen LogP contribution in [-0.2, 0) is 0 Å². The Hall–Kier alpha value is -2.00. The molecule has 0 fully saturated rings. The summed E-state index contributed by atoms with van der Waals surface area (Å²) in [4.78, 5) is 0. The van der Waals surface area contributed by atoms with E-state index in [0.717, 1.165) is 23.7 Å². The summed E-state index contributed by atoms with van der Waals surface area (Å²) in [6.07, 6.45) is 0. The fourth-order valence-corrected chi connectivity index (χ4v) is 1.95. The van der Waals surface area contributed by atoms with Gasteiger partial charge in [-0.3, -0.25) is 0 Å². The lowest BCUT2D eigenvalue weighted by molar-refractivity contribution is -0.568. The van der Waals surface area contributed by atoms with Crippen LogP contribution in [0.5, 0.6) is 11.5 Å². The summed E-state index contributed by atoms with van der Waals surface area (Å²) in [5.74, 6) is 1.80. The molecule has 0 atom stereocenters. The van der Waals surface area contributed by atoms with Gasteiger partial charge in [-0.15, -0.1) is 0 Å². The van der Waals surface area contributed by atoms with E-state index in [-0.39, 0.29) is 0 Å². The maximum absolute atomic E-state index is 5.78. The van der Waals surface area contributed by atoms with Crippen molar-refractivity contribution in [2.45, 2.75) is 13.8 Å². The molecule has 106 valence electrons. The number of para-hydroxylation sites is 2. The molecule has 2 aromatic carbocycles. The summed E-state index contributed by atoms with van der Waals surface area (Å²) in [7, 11) is 0. The van der Waals surface area contributed by atoms with E-state index in [0.29, 0.717) is 13.2 Å². The number of rotatable bonds is 7. The Morgan fingerprint density at radius 1 is 0.900 bits per heavy atom. The maximum Gasteiger partial charge on any atom is 0.179 e. The molecule has 2 N–H and O–H groups in total. The zero-order valence-electron chi connectivity index (χ0n) is 12.1. The molecule has 0 saturated carbocycles. The van der Waals surface area contributed by atoms with E-state index in [1.807, 2.05) is 42.5 Å². The summed E-state index contributed by atoms with van der Waals surface area (Å²) in [5.41, 5.74) is 2.38. The second-order valence-electron chi connectivity index (χ2n) is 4.66. The summed E-state index contributed by atoms with van der Waals surface area (Å²) < 4.78 is 11.4. The lowest BCUT2D eigenvalue weighted by Crippen LogP contribution is -2.77. The second-order valence-corrected chi connectivity index (χ2v) is 4.66. The van der Waals surface area contributed by atoms with Crippen molar-refractivity contribution in [2.75, 3.05) is 19.8 Å². The SMILES string of the molecule is CC[NH2+]c1ccccc1OCCOc1ccc(C)cc1. The molecule has 0 heterocycles. The fourth-order valence-electron chi connectivity index (χ4n) is 1.95. The normalized spacial score (nSPS) is 10.3. The van der Waals surface area contributed by atoms with E-state index >= 15 is 0 Å². The molecule has 0 saturated heterocycles. The Kier molecular flexibility index (Phi) is 5.44. The van der Waals surface area contributed by atoms with Crippen LogP contribution in [0, 0.1) is 6.92 Å². The topological polar surface area (TPSA) is 35.1 Å². The average molecular weight is 272 g/mol. The van der Waals surface area contributed by atoms with Gasteiger partial charge in [-0.2, -0.15) is 0 Å². The number of benzene rings is 2. The van der Waals surface area contributed by atoms with Crippen LogP contribution in [0.2, 0.25) is 0 Å². The van der Waals surface area contributed by atoms with Crippen LogP contribution in [0.1, 0.15) is 12.5 Å². The van der Waals surface area contributed by atoms with Crippen molar-refractivity contribution in [1.82, 2.24) is 0 Å². The van der Waals surface area contributed by atoms with E-state index in [2.05, 4.69) is 25.2 Å². The number of hydrogen-bond acceptors (Lipinski definition) is 2. The third-order valence-corrected chi connectivity index (χ3v) is 2.97. The monoisotopic (exact) mass is 272 g/mol. The van der Waals surface area contributed by atoms with Crippen LogP contribution < -0.4 is 14.8 Å². The minimum Gasteiger partial charge on any atom is -0.490 e. The summed E-state index contributed by atoms with van der Waals surface area (Å²) >= 11 is 0. The third-order valence-electron chi connectivity index (χ3n) is 2.97. The Balaban J connectivity index is 1.79. The van der Waals surface area contributed by atoms with Crippen LogP contribution in [0.3, 0.4) is 0 Å². The van der Waals surface area contributed by atoms with E-state index in [4.69, 9.17) is 9.47 Å². The van der Waals surface area contributed by atoms with Crippen LogP contribution in [-0.4, -0.2) is 19.8 Å². The molecule has 0 aliphatic rings. The predicted molar refractivity (Wildman–Crippen MR) is 80.7 cm³/mol. The Labute approximate surface area is 120 Å². The molecule has 0 aliphatic heterocycles. The van der Waals surface area contributed by atoms with Gasteiger partial charge in [0.1, 0.15) is 19.0 Å². The van der Waals surface area contributed by atoms with Crippen molar-refractivity contribution in [1.29, 1.82) is 0 Å². The van der Waals surface area contributed by atoms with Crippen molar-refractivity contribution in [3.05, 3.63) is 54.1 Å². The number of quaternary nitrogens is 1. The van der Waals surface area contributed by atoms with E-state index < -0.39 is 0 Å². The van der Waals surface area contributed by atoms with Crippen molar-refractivity contribution in [3.63, 3.8) is 0 Å². The Morgan fingerprint density at radius 2 is 1.60 bits per heavy atom. The predicted octanol–water partition coefficient (Wildman–Crippen LogP) is 2.67. The zero-order valence-corrected chi connectivity index (χ0v) is 12.1. The minimum atomic E-state index is 0.544. The smallest absolute Gasteiger partial charge is 0.179 e. The average Bonchev–Trinajstić information content (AvgIpc) is 2.47. The van der Waals surface area contributed by atoms with E-state index in [1.54, 1.807) is 0 Å². The molecule has 0 spiro atoms. The molecule has 3 heteroatoms. The lowest BCUT2D eigenvalue weighted by Gasteiger charge is -2.10. The molecule has 20 heavy (non-hydrogen) atoms. The van der Waals surface area contributed by atoms with Gasteiger partial charge in [0.05, 0.1) is 6.54 Å². The maximum atomic E-state index is 5.78. The van der Waals surface area contributed by atoms with Gasteiger partial charge >= 0.3 is 0 Å². The zero-order chi connectivity index (χ0) is 14.2. The van der Waals surface area contributed by atoms with Crippen molar-refractivity contribution >= 4 is 5.69 Å². The molecule has 3 nitrogen and oxygen atoms in total. The van der Waals surface area contributed by atoms with Crippen LogP contribution in [0.4, 0.5) is 5.69 Å². The van der Waals surface area contributed by atoms with Crippen molar-refractivity contribution < 1.29 is 14.8 Å². The molecule has 0 bridgehead atoms. The highest BCUT2D eigenvalue weighted by Crippen LogP contribution is 2.18. The molecule has 0 amide bonds. The molecule has 0 aromatic heterocycles. The van der Waals surface area contributed by atoms with Gasteiger partial charge in [0.25, 0.3) is 0 Å². The summed E-state index contributed by atoms with van der Waals surface area (Å²) in [6.45, 7) is 6.28. The molecule has 0 unspecified atom stereocenters. The van der Waals surface area contributed by atoms with Crippen LogP contribution in [0.15, 0.2) is 48.5 Å². The first-order valence-electron chi connectivity index (χ1n) is 7.04. The number of ether oxygens (including phenoxy) is 2. The standard InChI is InChI=1S/C17H21NO2/c1-3-18-16-6-4-5-7-17(16)20-13-12-19-15-10-8-14(2)9-11-15/h4-11,18H,3,12-13H2,1-2H3/p+1. The molecule has 2 aromatic rings. The van der Waals surface area contributed by atoms with Gasteiger partial charge in [-0.05, 0) is 32.0 Å². The van der Waals surface area contributed by atoms with Crippen LogP contribution >= 0.6 is 0 Å². The fraction of sp³-hybridized carbons (Fsp3) is 0.294. The molecule has 0 radical (unpaired) electrons. The van der Waals surface area contributed by atoms with Gasteiger partial charge in [0, 0.05) is 6.07 Å². The Morgan fingerprint density at radius 3 is 2.35 bits per heavy atom. The summed E-state index contributed by atoms with van der Waals surface area (Å²) in [5, 5.41) is 2.16. The highest BCUT2D eigenvalue weighted by molar-refractivity contribution is 5.44. The second kappa shape index (κ2) is 7.56. The lowest BCUT2D eigenvalue weighted by atomic mass is 10.2. The molecule has 0 aliphatic carbocycles. The first-order valence-corrected chi connectivity index (χ1v) is 7.04. The first-order chi connectivity index (χ1) is 9.79.